The molecule has 0 aromatic heterocycles. The zero-order valence-corrected chi connectivity index (χ0v) is 10.3. The number of rotatable bonds is 3. The van der Waals surface area contributed by atoms with Gasteiger partial charge in [-0.15, -0.1) is 0 Å². The number of amides is 1. The van der Waals surface area contributed by atoms with E-state index in [1.54, 1.807) is 25.1 Å². The van der Waals surface area contributed by atoms with Gasteiger partial charge in [-0.2, -0.15) is 0 Å². The third kappa shape index (κ3) is 2.41. The van der Waals surface area contributed by atoms with Crippen molar-refractivity contribution in [2.75, 3.05) is 5.73 Å². The summed E-state index contributed by atoms with van der Waals surface area (Å²) in [5.41, 5.74) is 7.03. The highest BCUT2D eigenvalue weighted by Gasteiger charge is 2.37. The summed E-state index contributed by atoms with van der Waals surface area (Å²) in [5, 5.41) is -0.409. The second kappa shape index (κ2) is 4.03. The minimum atomic E-state index is -3.50. The normalized spacial score (nSPS) is 15.6. The zero-order valence-electron chi connectivity index (χ0n) is 9.43. The van der Waals surface area contributed by atoms with Gasteiger partial charge in [0.05, 0.1) is 5.25 Å². The van der Waals surface area contributed by atoms with Crippen molar-refractivity contribution in [2.45, 2.75) is 25.0 Å². The fraction of sp³-hybridized carbons (Fsp3) is 0.364. The lowest BCUT2D eigenvalue weighted by Crippen LogP contribution is -2.33. The Balaban J connectivity index is 2.23. The molecule has 3 N–H and O–H groups in total. The largest absolute Gasteiger partial charge is 0.398 e. The van der Waals surface area contributed by atoms with E-state index >= 15 is 0 Å². The fourth-order valence-corrected chi connectivity index (χ4v) is 2.84. The van der Waals surface area contributed by atoms with E-state index in [-0.39, 0.29) is 0 Å². The first-order valence-electron chi connectivity index (χ1n) is 5.33. The lowest BCUT2D eigenvalue weighted by Gasteiger charge is -2.09. The van der Waals surface area contributed by atoms with Crippen molar-refractivity contribution in [1.29, 1.82) is 0 Å². The fourth-order valence-electron chi connectivity index (χ4n) is 1.55. The molecule has 2 rings (SSSR count). The van der Waals surface area contributed by atoms with Crippen LogP contribution in [0.2, 0.25) is 0 Å². The van der Waals surface area contributed by atoms with E-state index in [4.69, 9.17) is 5.73 Å². The summed E-state index contributed by atoms with van der Waals surface area (Å²) in [4.78, 5) is 11.8. The predicted octanol–water partition coefficient (Wildman–Crippen LogP) is 0.799. The summed E-state index contributed by atoms with van der Waals surface area (Å²) in [6.07, 6.45) is 1.25. The standard InChI is InChI=1S/C11H14N2O3S/c1-7-9(3-2-4-10(7)12)11(14)13-17(15,16)8-5-6-8/h2-4,8H,5-6,12H2,1H3,(H,13,14). The second-order valence-corrected chi connectivity index (χ2v) is 6.16. The van der Waals surface area contributed by atoms with Gasteiger partial charge in [0.25, 0.3) is 5.91 Å². The summed E-state index contributed by atoms with van der Waals surface area (Å²) in [6, 6.07) is 4.85. The highest BCUT2D eigenvalue weighted by molar-refractivity contribution is 7.91. The van der Waals surface area contributed by atoms with Crippen molar-refractivity contribution in [3.63, 3.8) is 0 Å². The smallest absolute Gasteiger partial charge is 0.265 e. The number of carbonyl (C=O) groups is 1. The zero-order chi connectivity index (χ0) is 12.6. The van der Waals surface area contributed by atoms with E-state index < -0.39 is 21.2 Å². The maximum absolute atomic E-state index is 11.8. The Kier molecular flexibility index (Phi) is 2.82. The highest BCUT2D eigenvalue weighted by atomic mass is 32.2. The molecule has 0 spiro atoms. The van der Waals surface area contributed by atoms with Crippen LogP contribution in [-0.4, -0.2) is 19.6 Å². The lowest BCUT2D eigenvalue weighted by atomic mass is 10.1. The van der Waals surface area contributed by atoms with E-state index in [2.05, 4.69) is 4.72 Å². The van der Waals surface area contributed by atoms with Gasteiger partial charge < -0.3 is 5.73 Å². The first kappa shape index (κ1) is 11.9. The Morgan fingerprint density at radius 1 is 1.41 bits per heavy atom. The van der Waals surface area contributed by atoms with Crippen LogP contribution in [-0.2, 0) is 10.0 Å². The number of nitrogens with one attached hydrogen (secondary N) is 1. The van der Waals surface area contributed by atoms with E-state index in [9.17, 15) is 13.2 Å². The number of anilines is 1. The van der Waals surface area contributed by atoms with Gasteiger partial charge in [0.2, 0.25) is 10.0 Å². The molecule has 1 aromatic rings. The molecule has 1 amide bonds. The van der Waals surface area contributed by atoms with Gasteiger partial charge in [0, 0.05) is 11.3 Å². The minimum absolute atomic E-state index is 0.300. The maximum Gasteiger partial charge on any atom is 0.265 e. The van der Waals surface area contributed by atoms with Crippen molar-refractivity contribution in [3.8, 4) is 0 Å². The Bertz CT molecular complexity index is 562. The molecule has 0 unspecified atom stereocenters. The second-order valence-electron chi connectivity index (χ2n) is 4.20. The first-order valence-corrected chi connectivity index (χ1v) is 6.87. The van der Waals surface area contributed by atoms with Crippen LogP contribution in [0.25, 0.3) is 0 Å². The number of hydrogen-bond donors (Lipinski definition) is 2. The van der Waals surface area contributed by atoms with Crippen LogP contribution in [0, 0.1) is 6.92 Å². The van der Waals surface area contributed by atoms with Crippen LogP contribution in [0.3, 0.4) is 0 Å². The number of nitrogens with two attached hydrogens (primary N) is 1. The van der Waals surface area contributed by atoms with E-state index in [1.807, 2.05) is 0 Å². The van der Waals surface area contributed by atoms with Crippen molar-refractivity contribution in [1.82, 2.24) is 4.72 Å². The van der Waals surface area contributed by atoms with Crippen molar-refractivity contribution in [3.05, 3.63) is 29.3 Å². The molecule has 0 aliphatic heterocycles. The molecular weight excluding hydrogens is 240 g/mol. The molecular formula is C11H14N2O3S. The molecule has 1 saturated carbocycles. The molecule has 5 nitrogen and oxygen atoms in total. The van der Waals surface area contributed by atoms with E-state index in [0.717, 1.165) is 0 Å². The molecule has 0 radical (unpaired) electrons. The number of benzene rings is 1. The van der Waals surface area contributed by atoms with Gasteiger partial charge in [-0.3, -0.25) is 4.79 Å². The Morgan fingerprint density at radius 3 is 2.65 bits per heavy atom. The minimum Gasteiger partial charge on any atom is -0.398 e. The highest BCUT2D eigenvalue weighted by Crippen LogP contribution is 2.27. The molecule has 1 aromatic carbocycles. The van der Waals surface area contributed by atoms with Crippen LogP contribution in [0.1, 0.15) is 28.8 Å². The molecule has 6 heteroatoms. The van der Waals surface area contributed by atoms with E-state index in [0.29, 0.717) is 29.7 Å². The van der Waals surface area contributed by atoms with Crippen molar-refractivity contribution < 1.29 is 13.2 Å². The van der Waals surface area contributed by atoms with Gasteiger partial charge in [0.1, 0.15) is 0 Å². The average molecular weight is 254 g/mol. The van der Waals surface area contributed by atoms with Gasteiger partial charge in [0.15, 0.2) is 0 Å². The van der Waals surface area contributed by atoms with Gasteiger partial charge >= 0.3 is 0 Å². The summed E-state index contributed by atoms with van der Waals surface area (Å²) in [7, 11) is -3.50. The van der Waals surface area contributed by atoms with E-state index in [1.165, 1.54) is 0 Å². The lowest BCUT2D eigenvalue weighted by molar-refractivity contribution is 0.0981. The quantitative estimate of drug-likeness (QED) is 0.781. The Morgan fingerprint density at radius 2 is 2.06 bits per heavy atom. The Labute approximate surface area is 100 Å². The molecule has 1 aliphatic carbocycles. The predicted molar refractivity (Wildman–Crippen MR) is 65.0 cm³/mol. The van der Waals surface area contributed by atoms with Gasteiger partial charge in [-0.1, -0.05) is 6.07 Å². The average Bonchev–Trinajstić information content (AvgIpc) is 3.04. The number of sulfonamides is 1. The van der Waals surface area contributed by atoms with Crippen LogP contribution in [0.15, 0.2) is 18.2 Å². The summed E-state index contributed by atoms with van der Waals surface area (Å²) >= 11 is 0. The molecule has 17 heavy (non-hydrogen) atoms. The van der Waals surface area contributed by atoms with Gasteiger partial charge in [-0.25, -0.2) is 13.1 Å². The molecule has 1 fully saturated rings. The Hall–Kier alpha value is -1.56. The molecule has 0 saturated heterocycles. The first-order chi connectivity index (χ1) is 7.92. The van der Waals surface area contributed by atoms with Crippen LogP contribution < -0.4 is 10.5 Å². The molecule has 92 valence electrons. The maximum atomic E-state index is 11.8. The molecule has 0 atom stereocenters. The summed E-state index contributed by atoms with van der Waals surface area (Å²) in [5.74, 6) is -0.610. The SMILES string of the molecule is Cc1c(N)cccc1C(=O)NS(=O)(=O)C1CC1. The van der Waals surface area contributed by atoms with Crippen molar-refractivity contribution in [2.24, 2.45) is 0 Å². The monoisotopic (exact) mass is 254 g/mol. The number of hydrogen-bond acceptors (Lipinski definition) is 4. The van der Waals surface area contributed by atoms with Crippen LogP contribution in [0.5, 0.6) is 0 Å². The third-order valence-electron chi connectivity index (χ3n) is 2.82. The summed E-state index contributed by atoms with van der Waals surface area (Å²) in [6.45, 7) is 1.69. The third-order valence-corrected chi connectivity index (χ3v) is 4.64. The van der Waals surface area contributed by atoms with Crippen LogP contribution in [0.4, 0.5) is 5.69 Å². The van der Waals surface area contributed by atoms with Crippen LogP contribution >= 0.6 is 0 Å². The summed E-state index contributed by atoms with van der Waals surface area (Å²) < 4.78 is 25.3. The molecule has 0 heterocycles. The number of carbonyl (C=O) groups excluding carboxylic acids is 1. The molecule has 0 bridgehead atoms. The van der Waals surface area contributed by atoms with Gasteiger partial charge in [-0.05, 0) is 37.5 Å². The molecule has 1 aliphatic rings. The topological polar surface area (TPSA) is 89.3 Å². The number of nitrogen functional groups attached to an aromatic ring is 1. The van der Waals surface area contributed by atoms with Crippen molar-refractivity contribution >= 4 is 21.6 Å².